The van der Waals surface area contributed by atoms with Gasteiger partial charge in [0, 0.05) is 18.7 Å². The second kappa shape index (κ2) is 6.18. The van der Waals surface area contributed by atoms with Gasteiger partial charge in [0.1, 0.15) is 5.82 Å². The molecule has 1 saturated heterocycles. The minimum absolute atomic E-state index is 0.265. The maximum Gasteiger partial charge on any atom is 0.178 e. The van der Waals surface area contributed by atoms with E-state index in [-0.39, 0.29) is 11.9 Å². The van der Waals surface area contributed by atoms with Gasteiger partial charge in [0.2, 0.25) is 0 Å². The van der Waals surface area contributed by atoms with Gasteiger partial charge in [-0.05, 0) is 67.1 Å². The average Bonchev–Trinajstić information content (AvgIpc) is 2.75. The normalized spacial score (nSPS) is 18.2. The van der Waals surface area contributed by atoms with Crippen LogP contribution in [0.15, 0.2) is 16.6 Å². The fourth-order valence-corrected chi connectivity index (χ4v) is 3.88. The first-order valence-corrected chi connectivity index (χ1v) is 8.58. The zero-order chi connectivity index (χ0) is 15.0. The summed E-state index contributed by atoms with van der Waals surface area (Å²) in [6, 6.07) is 3.57. The van der Waals surface area contributed by atoms with Crippen LogP contribution in [0, 0.1) is 10.6 Å². The predicted octanol–water partition coefficient (Wildman–Crippen LogP) is 4.65. The number of H-pyrrole nitrogens is 1. The smallest absolute Gasteiger partial charge is 0.178 e. The Labute approximate surface area is 137 Å². The molecule has 0 aliphatic carbocycles. The largest absolute Gasteiger partial charge is 0.330 e. The number of aromatic nitrogens is 2. The predicted molar refractivity (Wildman–Crippen MR) is 89.8 cm³/mol. The summed E-state index contributed by atoms with van der Waals surface area (Å²) in [4.78, 5) is 5.61. The molecule has 2 heterocycles. The molecule has 1 unspecified atom stereocenters. The third kappa shape index (κ3) is 3.07. The molecule has 21 heavy (non-hydrogen) atoms. The van der Waals surface area contributed by atoms with Crippen molar-refractivity contribution >= 4 is 39.2 Å². The first kappa shape index (κ1) is 15.2. The molecule has 0 radical (unpaired) electrons. The SMILES string of the molecule is CC(CN1CCCCC1)n1c(=S)[nH]c2cc(F)c(Br)cc21. The quantitative estimate of drug-likeness (QED) is 0.794. The van der Waals surface area contributed by atoms with Gasteiger partial charge in [-0.15, -0.1) is 0 Å². The summed E-state index contributed by atoms with van der Waals surface area (Å²) < 4.78 is 16.9. The second-order valence-corrected chi connectivity index (χ2v) is 7.03. The number of nitrogens with one attached hydrogen (secondary N) is 1. The number of rotatable bonds is 3. The third-order valence-electron chi connectivity index (χ3n) is 4.17. The van der Waals surface area contributed by atoms with Gasteiger partial charge in [0.05, 0.1) is 15.5 Å². The molecule has 1 fully saturated rings. The van der Waals surface area contributed by atoms with E-state index in [0.29, 0.717) is 9.24 Å². The van der Waals surface area contributed by atoms with Crippen molar-refractivity contribution in [1.82, 2.24) is 14.5 Å². The summed E-state index contributed by atoms with van der Waals surface area (Å²) in [6.45, 7) is 5.49. The number of piperidine rings is 1. The number of halogens is 2. The Morgan fingerprint density at radius 2 is 2.05 bits per heavy atom. The van der Waals surface area contributed by atoms with E-state index in [1.807, 2.05) is 6.07 Å². The minimum atomic E-state index is -0.269. The fourth-order valence-electron chi connectivity index (χ4n) is 3.16. The highest BCUT2D eigenvalue weighted by Gasteiger charge is 2.18. The van der Waals surface area contributed by atoms with Crippen molar-refractivity contribution < 1.29 is 4.39 Å². The maximum atomic E-state index is 13.6. The number of nitrogens with zero attached hydrogens (tertiary/aromatic N) is 2. The highest BCUT2D eigenvalue weighted by atomic mass is 79.9. The van der Waals surface area contributed by atoms with E-state index in [1.165, 1.54) is 38.4 Å². The Morgan fingerprint density at radius 1 is 1.33 bits per heavy atom. The number of likely N-dealkylation sites (tertiary alicyclic amines) is 1. The molecule has 0 bridgehead atoms. The zero-order valence-corrected chi connectivity index (χ0v) is 14.4. The lowest BCUT2D eigenvalue weighted by molar-refractivity contribution is 0.202. The molecule has 6 heteroatoms. The van der Waals surface area contributed by atoms with Gasteiger partial charge in [0.15, 0.2) is 4.77 Å². The van der Waals surface area contributed by atoms with Gasteiger partial charge in [-0.1, -0.05) is 6.42 Å². The van der Waals surface area contributed by atoms with Crippen LogP contribution in [0.4, 0.5) is 4.39 Å². The Balaban J connectivity index is 1.93. The number of hydrogen-bond acceptors (Lipinski definition) is 2. The third-order valence-corrected chi connectivity index (χ3v) is 5.08. The fraction of sp³-hybridized carbons (Fsp3) is 0.533. The van der Waals surface area contributed by atoms with Gasteiger partial charge in [-0.3, -0.25) is 0 Å². The molecular formula is C15H19BrFN3S. The lowest BCUT2D eigenvalue weighted by Gasteiger charge is -2.29. The van der Waals surface area contributed by atoms with E-state index in [9.17, 15) is 4.39 Å². The molecule has 1 aromatic carbocycles. The molecule has 3 nitrogen and oxygen atoms in total. The molecule has 1 aliphatic heterocycles. The van der Waals surface area contributed by atoms with Crippen molar-refractivity contribution in [3.63, 3.8) is 0 Å². The van der Waals surface area contributed by atoms with E-state index >= 15 is 0 Å². The van der Waals surface area contributed by atoms with Crippen LogP contribution in [-0.4, -0.2) is 34.1 Å². The first-order chi connectivity index (χ1) is 10.1. The second-order valence-electron chi connectivity index (χ2n) is 5.79. The molecule has 3 rings (SSSR count). The topological polar surface area (TPSA) is 24.0 Å². The number of hydrogen-bond donors (Lipinski definition) is 1. The number of benzene rings is 1. The molecule has 1 atom stereocenters. The Bertz CT molecular complexity index is 703. The van der Waals surface area contributed by atoms with Crippen molar-refractivity contribution in [3.05, 3.63) is 27.2 Å². The van der Waals surface area contributed by atoms with Crippen LogP contribution in [0.5, 0.6) is 0 Å². The molecule has 0 amide bonds. The summed E-state index contributed by atoms with van der Waals surface area (Å²) in [7, 11) is 0. The van der Waals surface area contributed by atoms with Crippen LogP contribution in [0.25, 0.3) is 11.0 Å². The van der Waals surface area contributed by atoms with Crippen LogP contribution in [0.3, 0.4) is 0 Å². The number of fused-ring (bicyclic) bond motifs is 1. The summed E-state index contributed by atoms with van der Waals surface area (Å²) in [6.07, 6.45) is 3.90. The summed E-state index contributed by atoms with van der Waals surface area (Å²) in [5.41, 5.74) is 1.71. The van der Waals surface area contributed by atoms with Gasteiger partial charge < -0.3 is 14.5 Å². The molecule has 2 aromatic rings. The van der Waals surface area contributed by atoms with Gasteiger partial charge in [-0.25, -0.2) is 4.39 Å². The molecule has 1 N–H and O–H groups in total. The van der Waals surface area contributed by atoms with Crippen LogP contribution in [-0.2, 0) is 0 Å². The summed E-state index contributed by atoms with van der Waals surface area (Å²) >= 11 is 8.70. The van der Waals surface area contributed by atoms with Gasteiger partial charge in [0.25, 0.3) is 0 Å². The van der Waals surface area contributed by atoms with Gasteiger partial charge >= 0.3 is 0 Å². The number of imidazole rings is 1. The first-order valence-electron chi connectivity index (χ1n) is 7.38. The lowest BCUT2D eigenvalue weighted by atomic mass is 10.1. The highest BCUT2D eigenvalue weighted by molar-refractivity contribution is 9.10. The maximum absolute atomic E-state index is 13.6. The van der Waals surface area contributed by atoms with Crippen LogP contribution < -0.4 is 0 Å². The van der Waals surface area contributed by atoms with Crippen LogP contribution >= 0.6 is 28.1 Å². The monoisotopic (exact) mass is 371 g/mol. The van der Waals surface area contributed by atoms with Crippen molar-refractivity contribution in [2.45, 2.75) is 32.2 Å². The zero-order valence-electron chi connectivity index (χ0n) is 12.0. The van der Waals surface area contributed by atoms with Crippen molar-refractivity contribution in [3.8, 4) is 0 Å². The molecule has 114 valence electrons. The Hall–Kier alpha value is -0.720. The van der Waals surface area contributed by atoms with E-state index in [4.69, 9.17) is 12.2 Å². The van der Waals surface area contributed by atoms with E-state index in [0.717, 1.165) is 17.6 Å². The van der Waals surface area contributed by atoms with E-state index < -0.39 is 0 Å². The minimum Gasteiger partial charge on any atom is -0.330 e. The van der Waals surface area contributed by atoms with E-state index in [2.05, 4.69) is 37.3 Å². The Morgan fingerprint density at radius 3 is 2.76 bits per heavy atom. The van der Waals surface area contributed by atoms with Crippen LogP contribution in [0.1, 0.15) is 32.2 Å². The summed E-state index contributed by atoms with van der Waals surface area (Å²) in [5, 5.41) is 0. The van der Waals surface area contributed by atoms with Crippen LogP contribution in [0.2, 0.25) is 0 Å². The van der Waals surface area contributed by atoms with Crippen molar-refractivity contribution in [1.29, 1.82) is 0 Å². The molecule has 1 aromatic heterocycles. The highest BCUT2D eigenvalue weighted by Crippen LogP contribution is 2.26. The van der Waals surface area contributed by atoms with E-state index in [1.54, 1.807) is 0 Å². The summed E-state index contributed by atoms with van der Waals surface area (Å²) in [5.74, 6) is -0.269. The molecule has 0 spiro atoms. The van der Waals surface area contributed by atoms with Gasteiger partial charge in [-0.2, -0.15) is 0 Å². The number of aromatic amines is 1. The molecule has 1 aliphatic rings. The average molecular weight is 372 g/mol. The lowest BCUT2D eigenvalue weighted by Crippen LogP contribution is -2.34. The van der Waals surface area contributed by atoms with Crippen molar-refractivity contribution in [2.75, 3.05) is 19.6 Å². The standard InChI is InChI=1S/C15H19BrFN3S/c1-10(9-19-5-3-2-4-6-19)20-14-7-11(16)12(17)8-13(14)18-15(20)21/h7-8,10H,2-6,9H2,1H3,(H,18,21). The molecular weight excluding hydrogens is 353 g/mol. The van der Waals surface area contributed by atoms with Crippen molar-refractivity contribution in [2.24, 2.45) is 0 Å². The Kier molecular flexibility index (Phi) is 4.47. The molecule has 0 saturated carbocycles.